The Morgan fingerprint density at radius 1 is 0.947 bits per heavy atom. The topological polar surface area (TPSA) is 99.3 Å². The number of likely N-dealkylation sites (tertiary alicyclic amines) is 1. The first kappa shape index (κ1) is 23.1. The summed E-state index contributed by atoms with van der Waals surface area (Å²) in [6, 6.07) is 6.91. The van der Waals surface area contributed by atoms with Crippen LogP contribution in [0.5, 0.6) is 0 Å². The highest BCUT2D eigenvalue weighted by molar-refractivity contribution is 7.14. The van der Waals surface area contributed by atoms with E-state index in [0.717, 1.165) is 47.0 Å². The highest BCUT2D eigenvalue weighted by Crippen LogP contribution is 2.35. The monoisotopic (exact) mass is 528 g/mol. The van der Waals surface area contributed by atoms with Crippen LogP contribution in [-0.2, 0) is 6.54 Å². The summed E-state index contributed by atoms with van der Waals surface area (Å²) in [5.41, 5.74) is 4.49. The molecule has 6 aromatic heterocycles. The molecule has 1 fully saturated rings. The van der Waals surface area contributed by atoms with E-state index in [1.54, 1.807) is 24.5 Å². The standard InChI is InChI=1S/C27H22F2N8S/c28-20-5-4-19(38-20)17-6-7-31-26-23(17)33-27(34-26)24-21-22(29)18(13-32-25(21)36-35-24)16-10-15(11-30-12-16)14-37-8-2-1-3-9-37/h4-7,10-13H,1-3,8-9,14H2,(H,31,33,34)(H,32,35,36). The second kappa shape index (κ2) is 9.34. The highest BCUT2D eigenvalue weighted by Gasteiger charge is 2.22. The van der Waals surface area contributed by atoms with Crippen molar-refractivity contribution < 1.29 is 8.78 Å². The number of hydrogen-bond acceptors (Lipinski definition) is 7. The van der Waals surface area contributed by atoms with Crippen LogP contribution in [0.1, 0.15) is 24.8 Å². The lowest BCUT2D eigenvalue weighted by Gasteiger charge is -2.26. The fourth-order valence-electron chi connectivity index (χ4n) is 5.11. The lowest BCUT2D eigenvalue weighted by atomic mass is 10.0. The molecular weight excluding hydrogens is 506 g/mol. The fourth-order valence-corrected chi connectivity index (χ4v) is 5.88. The third-order valence-electron chi connectivity index (χ3n) is 6.95. The molecule has 1 saturated heterocycles. The number of nitrogens with zero attached hydrogens (tertiary/aromatic N) is 6. The smallest absolute Gasteiger partial charge is 0.184 e. The number of rotatable bonds is 5. The van der Waals surface area contributed by atoms with Gasteiger partial charge in [-0.1, -0.05) is 6.42 Å². The molecule has 8 nitrogen and oxygen atoms in total. The summed E-state index contributed by atoms with van der Waals surface area (Å²) >= 11 is 1.04. The predicted octanol–water partition coefficient (Wildman–Crippen LogP) is 5.95. The number of piperidine rings is 1. The maximum Gasteiger partial charge on any atom is 0.184 e. The Morgan fingerprint density at radius 3 is 2.68 bits per heavy atom. The Balaban J connectivity index is 1.29. The van der Waals surface area contributed by atoms with Crippen molar-refractivity contribution in [2.45, 2.75) is 25.8 Å². The number of aromatic amines is 2. The predicted molar refractivity (Wildman–Crippen MR) is 142 cm³/mol. The van der Waals surface area contributed by atoms with E-state index in [1.807, 2.05) is 12.3 Å². The van der Waals surface area contributed by atoms with Crippen LogP contribution in [0.4, 0.5) is 8.78 Å². The molecule has 0 radical (unpaired) electrons. The van der Waals surface area contributed by atoms with E-state index in [1.165, 1.54) is 31.5 Å². The summed E-state index contributed by atoms with van der Waals surface area (Å²) in [5.74, 6) is -0.0843. The maximum atomic E-state index is 16.1. The molecule has 7 rings (SSSR count). The van der Waals surface area contributed by atoms with Gasteiger partial charge in [0.1, 0.15) is 11.5 Å². The SMILES string of the molecule is Fc1ccc(-c2ccnc3nc(-c4[nH]nc5ncc(-c6cncc(CN7CCCCC7)c6)c(F)c45)[nH]c23)s1. The van der Waals surface area contributed by atoms with Gasteiger partial charge in [0.25, 0.3) is 0 Å². The van der Waals surface area contributed by atoms with Gasteiger partial charge in [-0.25, -0.2) is 19.3 Å². The Hall–Kier alpha value is -4.09. The molecule has 0 saturated carbocycles. The van der Waals surface area contributed by atoms with Crippen molar-refractivity contribution in [2.75, 3.05) is 13.1 Å². The lowest BCUT2D eigenvalue weighted by molar-refractivity contribution is 0.220. The van der Waals surface area contributed by atoms with Crippen LogP contribution in [0, 0.1) is 10.9 Å². The zero-order valence-corrected chi connectivity index (χ0v) is 21.0. The molecule has 0 spiro atoms. The van der Waals surface area contributed by atoms with Gasteiger partial charge in [-0.05, 0) is 55.8 Å². The summed E-state index contributed by atoms with van der Waals surface area (Å²) in [4.78, 5) is 24.1. The third-order valence-corrected chi connectivity index (χ3v) is 7.85. The van der Waals surface area contributed by atoms with Gasteiger partial charge in [-0.15, -0.1) is 11.3 Å². The van der Waals surface area contributed by atoms with Crippen LogP contribution >= 0.6 is 11.3 Å². The first-order valence-electron chi connectivity index (χ1n) is 12.4. The van der Waals surface area contributed by atoms with E-state index >= 15 is 4.39 Å². The fraction of sp³-hybridized carbons (Fsp3) is 0.222. The van der Waals surface area contributed by atoms with Gasteiger partial charge in [0.05, 0.1) is 10.9 Å². The number of hydrogen-bond donors (Lipinski definition) is 2. The summed E-state index contributed by atoms with van der Waals surface area (Å²) in [6.45, 7) is 2.93. The average Bonchev–Trinajstić information content (AvgIpc) is 3.67. The minimum absolute atomic E-state index is 0.228. The van der Waals surface area contributed by atoms with E-state index in [9.17, 15) is 4.39 Å². The van der Waals surface area contributed by atoms with Gasteiger partial charge >= 0.3 is 0 Å². The normalized spacial score (nSPS) is 14.6. The van der Waals surface area contributed by atoms with E-state index in [2.05, 4.69) is 40.0 Å². The molecule has 2 N–H and O–H groups in total. The van der Waals surface area contributed by atoms with Crippen molar-refractivity contribution in [1.29, 1.82) is 0 Å². The minimum atomic E-state index is -0.454. The molecular formula is C27H22F2N8S. The van der Waals surface area contributed by atoms with Crippen LogP contribution in [-0.4, -0.2) is 53.1 Å². The van der Waals surface area contributed by atoms with Gasteiger partial charge in [0.15, 0.2) is 22.2 Å². The van der Waals surface area contributed by atoms with E-state index in [0.29, 0.717) is 33.8 Å². The van der Waals surface area contributed by atoms with Crippen molar-refractivity contribution in [2.24, 2.45) is 0 Å². The second-order valence-corrected chi connectivity index (χ2v) is 10.5. The average molecular weight is 529 g/mol. The Kier molecular flexibility index (Phi) is 5.67. The third kappa shape index (κ3) is 4.04. The molecule has 1 aliphatic rings. The molecule has 11 heteroatoms. The Labute approximate surface area is 219 Å². The van der Waals surface area contributed by atoms with Crippen LogP contribution < -0.4 is 0 Å². The van der Waals surface area contributed by atoms with E-state index in [4.69, 9.17) is 0 Å². The number of pyridine rings is 3. The van der Waals surface area contributed by atoms with Crippen LogP contribution in [0.3, 0.4) is 0 Å². The first-order valence-corrected chi connectivity index (χ1v) is 13.3. The van der Waals surface area contributed by atoms with Gasteiger partial charge in [-0.3, -0.25) is 15.0 Å². The van der Waals surface area contributed by atoms with Gasteiger partial charge < -0.3 is 4.98 Å². The largest absolute Gasteiger partial charge is 0.335 e. The van der Waals surface area contributed by atoms with Crippen molar-refractivity contribution in [3.05, 3.63) is 65.6 Å². The van der Waals surface area contributed by atoms with Crippen LogP contribution in [0.2, 0.25) is 0 Å². The van der Waals surface area contributed by atoms with Gasteiger partial charge in [-0.2, -0.15) is 9.49 Å². The van der Waals surface area contributed by atoms with Crippen LogP contribution in [0.15, 0.2) is 49.1 Å². The number of fused-ring (bicyclic) bond motifs is 2. The Morgan fingerprint density at radius 2 is 1.84 bits per heavy atom. The quantitative estimate of drug-likeness (QED) is 0.287. The summed E-state index contributed by atoms with van der Waals surface area (Å²) in [6.07, 6.45) is 10.3. The number of halogens is 2. The first-order chi connectivity index (χ1) is 18.6. The molecule has 0 unspecified atom stereocenters. The second-order valence-electron chi connectivity index (χ2n) is 9.45. The van der Waals surface area contributed by atoms with E-state index in [-0.39, 0.29) is 16.2 Å². The zero-order chi connectivity index (χ0) is 25.6. The molecule has 38 heavy (non-hydrogen) atoms. The molecule has 0 atom stereocenters. The van der Waals surface area contributed by atoms with Crippen molar-refractivity contribution in [3.8, 4) is 33.1 Å². The van der Waals surface area contributed by atoms with Crippen molar-refractivity contribution in [3.63, 3.8) is 0 Å². The highest BCUT2D eigenvalue weighted by atomic mass is 32.1. The number of H-pyrrole nitrogens is 2. The molecule has 7 heterocycles. The van der Waals surface area contributed by atoms with Crippen LogP contribution in [0.25, 0.3) is 55.3 Å². The summed E-state index contributed by atoms with van der Waals surface area (Å²) in [7, 11) is 0. The van der Waals surface area contributed by atoms with Crippen molar-refractivity contribution in [1.82, 2.24) is 40.0 Å². The number of nitrogens with one attached hydrogen (secondary N) is 2. The molecule has 1 aliphatic heterocycles. The van der Waals surface area contributed by atoms with Gasteiger partial charge in [0, 0.05) is 52.9 Å². The number of aromatic nitrogens is 7. The lowest BCUT2D eigenvalue weighted by Crippen LogP contribution is -2.29. The van der Waals surface area contributed by atoms with E-state index < -0.39 is 5.82 Å². The minimum Gasteiger partial charge on any atom is -0.335 e. The number of imidazole rings is 1. The molecule has 0 amide bonds. The molecule has 190 valence electrons. The maximum absolute atomic E-state index is 16.1. The molecule has 0 aliphatic carbocycles. The number of thiophene rings is 1. The summed E-state index contributed by atoms with van der Waals surface area (Å²) in [5, 5.41) is 7.05. The molecule has 0 aromatic carbocycles. The molecule has 0 bridgehead atoms. The van der Waals surface area contributed by atoms with Crippen molar-refractivity contribution >= 4 is 33.5 Å². The Bertz CT molecular complexity index is 1780. The zero-order valence-electron chi connectivity index (χ0n) is 20.2. The summed E-state index contributed by atoms with van der Waals surface area (Å²) < 4.78 is 29.8. The van der Waals surface area contributed by atoms with Gasteiger partial charge in [0.2, 0.25) is 0 Å². The molecule has 6 aromatic rings.